The zero-order valence-corrected chi connectivity index (χ0v) is 16.9. The van der Waals surface area contributed by atoms with Crippen molar-refractivity contribution in [2.75, 3.05) is 27.2 Å². The zero-order valence-electron chi connectivity index (χ0n) is 16.1. The number of guanidine groups is 1. The molecule has 1 aromatic heterocycles. The Morgan fingerprint density at radius 1 is 1.48 bits per heavy atom. The van der Waals surface area contributed by atoms with Gasteiger partial charge in [0.15, 0.2) is 5.96 Å². The molecule has 1 atom stereocenters. The van der Waals surface area contributed by atoms with E-state index >= 15 is 0 Å². The molecule has 1 heterocycles. The summed E-state index contributed by atoms with van der Waals surface area (Å²) < 4.78 is 4.99. The lowest BCUT2D eigenvalue weighted by Crippen LogP contribution is -2.48. The van der Waals surface area contributed by atoms with Gasteiger partial charge in [-0.1, -0.05) is 13.8 Å². The SMILES string of the molecule is CCOC(=O)NC(CNC(=NC)N(C)Cc1csc(C)n1)CC(C)C. The molecule has 0 radical (unpaired) electrons. The molecule has 8 heteroatoms. The number of ether oxygens (including phenoxy) is 1. The second kappa shape index (κ2) is 10.9. The molecule has 1 aromatic rings. The Labute approximate surface area is 154 Å². The van der Waals surface area contributed by atoms with E-state index in [1.807, 2.05) is 18.9 Å². The minimum Gasteiger partial charge on any atom is -0.450 e. The second-order valence-corrected chi connectivity index (χ2v) is 7.40. The number of amides is 1. The lowest BCUT2D eigenvalue weighted by Gasteiger charge is -2.25. The van der Waals surface area contributed by atoms with Crippen LogP contribution in [0.25, 0.3) is 0 Å². The second-order valence-electron chi connectivity index (χ2n) is 6.33. The molecule has 0 spiro atoms. The normalized spacial score (nSPS) is 12.8. The maximum absolute atomic E-state index is 11.7. The topological polar surface area (TPSA) is 78.8 Å². The number of hydrogen-bond donors (Lipinski definition) is 2. The van der Waals surface area contributed by atoms with Gasteiger partial charge in [-0.3, -0.25) is 4.99 Å². The molecule has 0 saturated carbocycles. The fraction of sp³-hybridized carbons (Fsp3) is 0.706. The molecule has 0 aliphatic heterocycles. The number of nitrogens with zero attached hydrogens (tertiary/aromatic N) is 3. The number of aryl methyl sites for hydroxylation is 1. The zero-order chi connectivity index (χ0) is 18.8. The van der Waals surface area contributed by atoms with E-state index in [9.17, 15) is 4.79 Å². The molecule has 7 nitrogen and oxygen atoms in total. The van der Waals surface area contributed by atoms with Gasteiger partial charge in [-0.25, -0.2) is 9.78 Å². The summed E-state index contributed by atoms with van der Waals surface area (Å²) in [5.41, 5.74) is 1.02. The van der Waals surface area contributed by atoms with Crippen molar-refractivity contribution in [2.24, 2.45) is 10.9 Å². The third-order valence-electron chi connectivity index (χ3n) is 3.50. The predicted octanol–water partition coefficient (Wildman–Crippen LogP) is 2.62. The van der Waals surface area contributed by atoms with Crippen molar-refractivity contribution in [3.8, 4) is 0 Å². The number of hydrogen-bond acceptors (Lipinski definition) is 5. The summed E-state index contributed by atoms with van der Waals surface area (Å²) in [5, 5.41) is 9.36. The van der Waals surface area contributed by atoms with Gasteiger partial charge in [0.1, 0.15) is 0 Å². The number of carbonyl (C=O) groups excluding carboxylic acids is 1. The quantitative estimate of drug-likeness (QED) is 0.544. The molecule has 0 saturated heterocycles. The number of nitrogens with one attached hydrogen (secondary N) is 2. The molecule has 1 rings (SSSR count). The van der Waals surface area contributed by atoms with Gasteiger partial charge >= 0.3 is 6.09 Å². The number of carbonyl (C=O) groups is 1. The molecule has 0 aliphatic carbocycles. The van der Waals surface area contributed by atoms with E-state index in [1.54, 1.807) is 25.3 Å². The average molecular weight is 370 g/mol. The van der Waals surface area contributed by atoms with Crippen LogP contribution >= 0.6 is 11.3 Å². The molecule has 0 bridgehead atoms. The van der Waals surface area contributed by atoms with Crippen LogP contribution in [0.3, 0.4) is 0 Å². The molecule has 1 amide bonds. The average Bonchev–Trinajstić information content (AvgIpc) is 2.92. The fourth-order valence-corrected chi connectivity index (χ4v) is 3.10. The third-order valence-corrected chi connectivity index (χ3v) is 4.32. The molecule has 142 valence electrons. The largest absolute Gasteiger partial charge is 0.450 e. The van der Waals surface area contributed by atoms with Crippen LogP contribution in [0.1, 0.15) is 37.9 Å². The van der Waals surface area contributed by atoms with Gasteiger partial charge < -0.3 is 20.3 Å². The van der Waals surface area contributed by atoms with Crippen molar-refractivity contribution < 1.29 is 9.53 Å². The Kier molecular flexibility index (Phi) is 9.26. The van der Waals surface area contributed by atoms with Crippen molar-refractivity contribution in [3.05, 3.63) is 16.1 Å². The van der Waals surface area contributed by atoms with Crippen LogP contribution in [0, 0.1) is 12.8 Å². The summed E-state index contributed by atoms with van der Waals surface area (Å²) in [5.74, 6) is 1.23. The highest BCUT2D eigenvalue weighted by Gasteiger charge is 2.16. The minimum atomic E-state index is -0.378. The third kappa shape index (κ3) is 8.20. The molecule has 25 heavy (non-hydrogen) atoms. The molecule has 1 unspecified atom stereocenters. The maximum Gasteiger partial charge on any atom is 0.407 e. The van der Waals surface area contributed by atoms with E-state index in [2.05, 4.69) is 39.8 Å². The van der Waals surface area contributed by atoms with Crippen LogP contribution in [0.4, 0.5) is 4.79 Å². The minimum absolute atomic E-state index is 0.0225. The van der Waals surface area contributed by atoms with Crippen molar-refractivity contribution >= 4 is 23.4 Å². The van der Waals surface area contributed by atoms with Crippen molar-refractivity contribution in [3.63, 3.8) is 0 Å². The summed E-state index contributed by atoms with van der Waals surface area (Å²) in [7, 11) is 3.72. The van der Waals surface area contributed by atoms with Gasteiger partial charge in [0.2, 0.25) is 0 Å². The number of aliphatic imine (C=N–C) groups is 1. The lowest BCUT2D eigenvalue weighted by molar-refractivity contribution is 0.146. The first-order chi connectivity index (χ1) is 11.8. The Hall–Kier alpha value is -1.83. The van der Waals surface area contributed by atoms with Crippen LogP contribution in [0.5, 0.6) is 0 Å². The molecule has 0 aliphatic rings. The fourth-order valence-electron chi connectivity index (χ4n) is 2.50. The van der Waals surface area contributed by atoms with Crippen molar-refractivity contribution in [2.45, 2.75) is 46.7 Å². The summed E-state index contributed by atoms with van der Waals surface area (Å²) >= 11 is 1.64. The number of aromatic nitrogens is 1. The first-order valence-electron chi connectivity index (χ1n) is 8.61. The summed E-state index contributed by atoms with van der Waals surface area (Å²) in [4.78, 5) is 22.5. The number of thiazole rings is 1. The molecular weight excluding hydrogens is 338 g/mol. The van der Waals surface area contributed by atoms with Crippen LogP contribution in [0.2, 0.25) is 0 Å². The standard InChI is InChI=1S/C17H31N5O2S/c1-7-24-17(23)21-14(8-12(2)3)9-19-16(18-5)22(6)10-15-11-25-13(4)20-15/h11-12,14H,7-10H2,1-6H3,(H,18,19)(H,21,23). The molecule has 2 N–H and O–H groups in total. The first-order valence-corrected chi connectivity index (χ1v) is 9.49. The van der Waals surface area contributed by atoms with Crippen molar-refractivity contribution in [1.82, 2.24) is 20.5 Å². The lowest BCUT2D eigenvalue weighted by atomic mass is 10.0. The Bertz CT molecular complexity index is 559. The van der Waals surface area contributed by atoms with Crippen molar-refractivity contribution in [1.29, 1.82) is 0 Å². The highest BCUT2D eigenvalue weighted by atomic mass is 32.1. The van der Waals surface area contributed by atoms with E-state index in [0.717, 1.165) is 23.1 Å². The van der Waals surface area contributed by atoms with Gasteiger partial charge in [0.05, 0.1) is 23.9 Å². The van der Waals surface area contributed by atoms with Crippen LogP contribution in [-0.4, -0.2) is 55.2 Å². The Balaban J connectivity index is 2.59. The van der Waals surface area contributed by atoms with Gasteiger partial charge in [0, 0.05) is 32.1 Å². The van der Waals surface area contributed by atoms with Gasteiger partial charge in [-0.05, 0) is 26.2 Å². The highest BCUT2D eigenvalue weighted by molar-refractivity contribution is 7.09. The molecule has 0 fully saturated rings. The summed E-state index contributed by atoms with van der Waals surface area (Å²) in [6.07, 6.45) is 0.480. The number of rotatable bonds is 8. The van der Waals surface area contributed by atoms with Gasteiger partial charge in [-0.2, -0.15) is 0 Å². The molecule has 0 aromatic carbocycles. The molecular formula is C17H31N5O2S. The number of alkyl carbamates (subject to hydrolysis) is 1. The smallest absolute Gasteiger partial charge is 0.407 e. The van der Waals surface area contributed by atoms with E-state index in [4.69, 9.17) is 4.74 Å². The van der Waals surface area contributed by atoms with E-state index in [0.29, 0.717) is 25.6 Å². The monoisotopic (exact) mass is 369 g/mol. The van der Waals surface area contributed by atoms with Crippen LogP contribution in [-0.2, 0) is 11.3 Å². The Morgan fingerprint density at radius 2 is 2.20 bits per heavy atom. The highest BCUT2D eigenvalue weighted by Crippen LogP contribution is 2.10. The van der Waals surface area contributed by atoms with Crippen LogP contribution in [0.15, 0.2) is 10.4 Å². The van der Waals surface area contributed by atoms with Gasteiger partial charge in [0.25, 0.3) is 0 Å². The van der Waals surface area contributed by atoms with E-state index < -0.39 is 0 Å². The van der Waals surface area contributed by atoms with Crippen LogP contribution < -0.4 is 10.6 Å². The first kappa shape index (κ1) is 21.2. The summed E-state index contributed by atoms with van der Waals surface area (Å²) in [6.45, 7) is 9.70. The Morgan fingerprint density at radius 3 is 2.72 bits per heavy atom. The summed E-state index contributed by atoms with van der Waals surface area (Å²) in [6, 6.07) is -0.0225. The predicted molar refractivity (Wildman–Crippen MR) is 103 cm³/mol. The van der Waals surface area contributed by atoms with Gasteiger partial charge in [-0.15, -0.1) is 11.3 Å². The maximum atomic E-state index is 11.7. The van der Waals surface area contributed by atoms with E-state index in [-0.39, 0.29) is 12.1 Å². The van der Waals surface area contributed by atoms with E-state index in [1.165, 1.54) is 0 Å².